The van der Waals surface area contributed by atoms with Crippen molar-refractivity contribution < 1.29 is 35.9 Å². The number of sulfonamides is 1. The van der Waals surface area contributed by atoms with Gasteiger partial charge in [0.25, 0.3) is 0 Å². The molecule has 0 spiro atoms. The number of benzene rings is 2. The smallest absolute Gasteiger partial charge is 0.405 e. The van der Waals surface area contributed by atoms with E-state index >= 15 is 0 Å². The Kier molecular flexibility index (Phi) is 10.4. The minimum atomic E-state index is -4.91. The van der Waals surface area contributed by atoms with Gasteiger partial charge in [-0.15, -0.1) is 24.5 Å². The molecule has 0 saturated heterocycles. The molecule has 0 radical (unpaired) electrons. The number of amides is 1. The molecule has 8 nitrogen and oxygen atoms in total. The van der Waals surface area contributed by atoms with Crippen molar-refractivity contribution in [2.45, 2.75) is 39.1 Å². The van der Waals surface area contributed by atoms with E-state index < -0.39 is 39.6 Å². The number of hydrogen-bond donors (Lipinski definition) is 0. The molecule has 2 aromatic carbocycles. The number of carbonyl (C=O) groups is 2. The lowest BCUT2D eigenvalue weighted by atomic mass is 10.1. The van der Waals surface area contributed by atoms with Gasteiger partial charge in [-0.1, -0.05) is 48.5 Å². The molecule has 1 aromatic heterocycles. The predicted octanol–water partition coefficient (Wildman–Crippen LogP) is 4.63. The number of ether oxygens (including phenoxy) is 1. The van der Waals surface area contributed by atoms with E-state index in [9.17, 15) is 31.2 Å². The van der Waals surface area contributed by atoms with Gasteiger partial charge in [0.2, 0.25) is 15.9 Å². The normalized spacial score (nSPS) is 12.0. The topological polar surface area (TPSA) is 96.9 Å². The van der Waals surface area contributed by atoms with Crippen molar-refractivity contribution in [1.29, 1.82) is 0 Å². The molecule has 216 valence electrons. The summed E-state index contributed by atoms with van der Waals surface area (Å²) in [5, 5.41) is 0.413. The largest absolute Gasteiger partial charge is 0.573 e. The van der Waals surface area contributed by atoms with E-state index in [4.69, 9.17) is 0 Å². The first-order valence-electron chi connectivity index (χ1n) is 12.3. The minimum absolute atomic E-state index is 0.00906. The number of alkyl halides is 3. The zero-order chi connectivity index (χ0) is 29.5. The van der Waals surface area contributed by atoms with Crippen molar-refractivity contribution in [2.75, 3.05) is 26.4 Å². The first-order valence-corrected chi connectivity index (χ1v) is 14.7. The molecule has 0 aliphatic rings. The maximum absolute atomic E-state index is 13.4. The number of nitrogens with zero attached hydrogens (tertiary/aromatic N) is 3. The summed E-state index contributed by atoms with van der Waals surface area (Å²) in [7, 11) is -1.12. The number of Topliss-reactive ketones (excluding diaryl/α,β-unsaturated/α-hetero) is 1. The van der Waals surface area contributed by atoms with Crippen LogP contribution in [0.25, 0.3) is 0 Å². The maximum atomic E-state index is 13.4. The average molecular weight is 598 g/mol. The Labute approximate surface area is 235 Å². The lowest BCUT2D eigenvalue weighted by Gasteiger charge is -2.23. The van der Waals surface area contributed by atoms with Crippen molar-refractivity contribution >= 4 is 33.1 Å². The lowest BCUT2D eigenvalue weighted by Crippen LogP contribution is -2.33. The van der Waals surface area contributed by atoms with Gasteiger partial charge in [0.15, 0.2) is 5.78 Å². The Bertz CT molecular complexity index is 1420. The van der Waals surface area contributed by atoms with Crippen LogP contribution in [0.4, 0.5) is 13.2 Å². The highest BCUT2D eigenvalue weighted by Gasteiger charge is 2.32. The second kappa shape index (κ2) is 13.4. The maximum Gasteiger partial charge on any atom is 0.573 e. The minimum Gasteiger partial charge on any atom is -0.405 e. The monoisotopic (exact) mass is 597 g/mol. The second-order valence-corrected chi connectivity index (χ2v) is 12.7. The molecule has 0 saturated carbocycles. The van der Waals surface area contributed by atoms with Gasteiger partial charge in [0.05, 0.1) is 13.0 Å². The molecule has 40 heavy (non-hydrogen) atoms. The second-order valence-electron chi connectivity index (χ2n) is 9.21. The van der Waals surface area contributed by atoms with Crippen LogP contribution in [0.15, 0.2) is 54.6 Å². The van der Waals surface area contributed by atoms with Gasteiger partial charge in [-0.05, 0) is 31.4 Å². The van der Waals surface area contributed by atoms with Crippen molar-refractivity contribution in [2.24, 2.45) is 0 Å². The van der Waals surface area contributed by atoms with Crippen LogP contribution in [0.3, 0.4) is 0 Å². The van der Waals surface area contributed by atoms with Crippen LogP contribution in [-0.4, -0.2) is 67.1 Å². The summed E-state index contributed by atoms with van der Waals surface area (Å²) in [6.45, 7) is 1.94. The molecule has 0 aliphatic carbocycles. The number of aryl methyl sites for hydroxylation is 2. The molecule has 0 atom stereocenters. The molecular weight excluding hydrogens is 567 g/mol. The Morgan fingerprint density at radius 1 is 1.02 bits per heavy atom. The van der Waals surface area contributed by atoms with Gasteiger partial charge in [-0.2, -0.15) is 0 Å². The van der Waals surface area contributed by atoms with E-state index in [-0.39, 0.29) is 30.8 Å². The van der Waals surface area contributed by atoms with Crippen LogP contribution >= 0.6 is 11.3 Å². The Morgan fingerprint density at radius 3 is 2.33 bits per heavy atom. The van der Waals surface area contributed by atoms with Crippen molar-refractivity contribution in [3.8, 4) is 5.75 Å². The van der Waals surface area contributed by atoms with Gasteiger partial charge in [0, 0.05) is 31.1 Å². The van der Waals surface area contributed by atoms with Gasteiger partial charge < -0.3 is 9.64 Å². The van der Waals surface area contributed by atoms with Gasteiger partial charge in [-0.25, -0.2) is 17.7 Å². The number of hydrogen-bond acceptors (Lipinski definition) is 7. The number of thiazole rings is 1. The zero-order valence-corrected chi connectivity index (χ0v) is 23.9. The Balaban J connectivity index is 1.81. The molecule has 3 aromatic rings. The van der Waals surface area contributed by atoms with E-state index in [1.54, 1.807) is 6.92 Å². The summed E-state index contributed by atoms with van der Waals surface area (Å²) in [6.07, 6.45) is -4.00. The quantitative estimate of drug-likeness (QED) is 0.267. The van der Waals surface area contributed by atoms with Crippen molar-refractivity contribution in [3.05, 3.63) is 81.3 Å². The summed E-state index contributed by atoms with van der Waals surface area (Å²) in [5.41, 5.74) is 1.17. The van der Waals surface area contributed by atoms with E-state index in [0.29, 0.717) is 22.7 Å². The summed E-state index contributed by atoms with van der Waals surface area (Å²) in [5.74, 6) is -2.29. The molecule has 0 bridgehead atoms. The van der Waals surface area contributed by atoms with E-state index in [0.717, 1.165) is 27.3 Å². The molecule has 0 unspecified atom stereocenters. The highest BCUT2D eigenvalue weighted by atomic mass is 32.2. The van der Waals surface area contributed by atoms with Gasteiger partial charge >= 0.3 is 6.36 Å². The Hall–Kier alpha value is -3.29. The third kappa shape index (κ3) is 9.14. The van der Waals surface area contributed by atoms with Crippen LogP contribution in [0, 0.1) is 6.92 Å². The molecule has 3 rings (SSSR count). The lowest BCUT2D eigenvalue weighted by molar-refractivity contribution is -0.274. The van der Waals surface area contributed by atoms with E-state index in [2.05, 4.69) is 9.72 Å². The summed E-state index contributed by atoms with van der Waals surface area (Å²) in [4.78, 5) is 32.4. The number of ketones is 1. The number of aromatic nitrogens is 1. The van der Waals surface area contributed by atoms with Crippen LogP contribution in [-0.2, 0) is 34.2 Å². The first kappa shape index (κ1) is 31.2. The summed E-state index contributed by atoms with van der Waals surface area (Å²) < 4.78 is 68.1. The first-order chi connectivity index (χ1) is 18.7. The van der Waals surface area contributed by atoms with Crippen molar-refractivity contribution in [3.63, 3.8) is 0 Å². The fourth-order valence-electron chi connectivity index (χ4n) is 3.86. The highest BCUT2D eigenvalue weighted by Crippen LogP contribution is 2.27. The summed E-state index contributed by atoms with van der Waals surface area (Å²) in [6, 6.07) is 15.1. The molecular formula is C27H30F3N3O5S2. The SMILES string of the molecule is Cc1sc(CN(CCCc2ccccc2)C(=O)Cc2ccccc2OC(F)(F)F)nc1C(=O)CS(=O)(=O)N(C)C. The van der Waals surface area contributed by atoms with Crippen LogP contribution < -0.4 is 4.74 Å². The number of para-hydroxylation sites is 1. The van der Waals surface area contributed by atoms with Crippen molar-refractivity contribution in [1.82, 2.24) is 14.2 Å². The Morgan fingerprint density at radius 2 is 1.68 bits per heavy atom. The number of halogens is 3. The molecule has 1 heterocycles. The predicted molar refractivity (Wildman–Crippen MR) is 146 cm³/mol. The number of carbonyl (C=O) groups excluding carboxylic acids is 2. The molecule has 0 N–H and O–H groups in total. The van der Waals surface area contributed by atoms with E-state index in [1.807, 2.05) is 30.3 Å². The summed E-state index contributed by atoms with van der Waals surface area (Å²) >= 11 is 1.16. The standard InChI is InChI=1S/C27H30F3N3O5S2/c1-19-26(22(34)18-40(36,37)32(2)3)31-24(39-19)17-33(15-9-12-20-10-5-4-6-11-20)25(35)16-21-13-7-8-14-23(21)38-27(28,29)30/h4-8,10-11,13-14H,9,12,15-18H2,1-3H3. The van der Waals surface area contributed by atoms with E-state index in [1.165, 1.54) is 37.2 Å². The molecule has 1 amide bonds. The van der Waals surface area contributed by atoms with Gasteiger partial charge in [-0.3, -0.25) is 9.59 Å². The zero-order valence-electron chi connectivity index (χ0n) is 22.3. The highest BCUT2D eigenvalue weighted by molar-refractivity contribution is 7.89. The third-order valence-electron chi connectivity index (χ3n) is 5.93. The molecule has 13 heteroatoms. The molecule has 0 aliphatic heterocycles. The third-order valence-corrected chi connectivity index (χ3v) is 8.63. The van der Waals surface area contributed by atoms with Crippen LogP contribution in [0.1, 0.15) is 37.9 Å². The van der Waals surface area contributed by atoms with Crippen LogP contribution in [0.5, 0.6) is 5.75 Å². The fraction of sp³-hybridized carbons (Fsp3) is 0.370. The van der Waals surface area contributed by atoms with Gasteiger partial charge in [0.1, 0.15) is 22.2 Å². The fourth-order valence-corrected chi connectivity index (χ4v) is 5.56. The number of rotatable bonds is 13. The molecule has 0 fully saturated rings. The van der Waals surface area contributed by atoms with Crippen LogP contribution in [0.2, 0.25) is 0 Å². The average Bonchev–Trinajstić information content (AvgIpc) is 3.24.